The number of pyridine rings is 1. The van der Waals surface area contributed by atoms with Crippen molar-refractivity contribution in [1.29, 1.82) is 0 Å². The SMILES string of the molecule is Cc1cc(C(=O)OCC(=O)c2ccc(Cl)c([N+](=O)[O-])c2)c2ccccc2n1. The first-order chi connectivity index (χ1) is 12.9. The maximum Gasteiger partial charge on any atom is 0.339 e. The Bertz CT molecular complexity index is 1080. The van der Waals surface area contributed by atoms with Crippen molar-refractivity contribution in [2.45, 2.75) is 6.92 Å². The van der Waals surface area contributed by atoms with Crippen molar-refractivity contribution in [3.8, 4) is 0 Å². The van der Waals surface area contributed by atoms with E-state index in [1.807, 2.05) is 0 Å². The van der Waals surface area contributed by atoms with Gasteiger partial charge in [-0.05, 0) is 31.2 Å². The van der Waals surface area contributed by atoms with E-state index in [0.29, 0.717) is 22.2 Å². The van der Waals surface area contributed by atoms with Gasteiger partial charge in [0.2, 0.25) is 5.78 Å². The van der Waals surface area contributed by atoms with Crippen LogP contribution >= 0.6 is 11.6 Å². The van der Waals surface area contributed by atoms with Gasteiger partial charge in [0.05, 0.1) is 16.0 Å². The second-order valence-corrected chi connectivity index (χ2v) is 6.16. The van der Waals surface area contributed by atoms with Crippen LogP contribution in [-0.2, 0) is 4.74 Å². The molecule has 0 bridgehead atoms. The van der Waals surface area contributed by atoms with Gasteiger partial charge in [0.25, 0.3) is 5.69 Å². The number of fused-ring (bicyclic) bond motifs is 1. The van der Waals surface area contributed by atoms with Gasteiger partial charge in [-0.3, -0.25) is 19.9 Å². The molecule has 0 fully saturated rings. The second-order valence-electron chi connectivity index (χ2n) is 5.75. The highest BCUT2D eigenvalue weighted by molar-refractivity contribution is 6.32. The Balaban J connectivity index is 1.79. The number of hydrogen-bond acceptors (Lipinski definition) is 6. The van der Waals surface area contributed by atoms with E-state index in [9.17, 15) is 19.7 Å². The number of hydrogen-bond donors (Lipinski definition) is 0. The molecule has 0 saturated heterocycles. The van der Waals surface area contributed by atoms with Crippen molar-refractivity contribution in [3.05, 3.63) is 80.5 Å². The molecular formula is C19H13ClN2O5. The van der Waals surface area contributed by atoms with E-state index in [0.717, 1.165) is 6.07 Å². The molecule has 0 amide bonds. The summed E-state index contributed by atoms with van der Waals surface area (Å²) in [5, 5.41) is 11.5. The molecule has 0 aliphatic heterocycles. The van der Waals surface area contributed by atoms with E-state index in [1.54, 1.807) is 37.3 Å². The maximum absolute atomic E-state index is 12.4. The zero-order chi connectivity index (χ0) is 19.6. The molecule has 8 heteroatoms. The molecule has 3 rings (SSSR count). The first-order valence-electron chi connectivity index (χ1n) is 7.87. The molecule has 136 valence electrons. The summed E-state index contributed by atoms with van der Waals surface area (Å²) in [6.45, 7) is 1.20. The molecule has 1 heterocycles. The fourth-order valence-electron chi connectivity index (χ4n) is 2.59. The lowest BCUT2D eigenvalue weighted by Crippen LogP contribution is -2.15. The first kappa shape index (κ1) is 18.5. The number of rotatable bonds is 5. The third-order valence-corrected chi connectivity index (χ3v) is 4.18. The van der Waals surface area contributed by atoms with E-state index >= 15 is 0 Å². The normalized spacial score (nSPS) is 10.6. The number of para-hydroxylation sites is 1. The smallest absolute Gasteiger partial charge is 0.339 e. The highest BCUT2D eigenvalue weighted by Gasteiger charge is 2.19. The Morgan fingerprint density at radius 3 is 2.67 bits per heavy atom. The Morgan fingerprint density at radius 2 is 1.93 bits per heavy atom. The van der Waals surface area contributed by atoms with Crippen LogP contribution in [0.3, 0.4) is 0 Å². The molecule has 1 aromatic heterocycles. The average molecular weight is 385 g/mol. The molecule has 0 aliphatic carbocycles. The van der Waals surface area contributed by atoms with Crippen LogP contribution in [-0.4, -0.2) is 28.3 Å². The lowest BCUT2D eigenvalue weighted by atomic mass is 10.1. The molecule has 3 aromatic rings. The minimum atomic E-state index is -0.684. The average Bonchev–Trinajstić information content (AvgIpc) is 2.65. The summed E-state index contributed by atoms with van der Waals surface area (Å²) in [5.41, 5.74) is 1.23. The molecule has 0 saturated carbocycles. The van der Waals surface area contributed by atoms with Crippen LogP contribution in [0, 0.1) is 17.0 Å². The molecule has 0 N–H and O–H groups in total. The summed E-state index contributed by atoms with van der Waals surface area (Å²) in [6, 6.07) is 12.3. The topological polar surface area (TPSA) is 99.4 Å². The fraction of sp³-hybridized carbons (Fsp3) is 0.105. The number of nitro groups is 1. The van der Waals surface area contributed by atoms with Gasteiger partial charge in [-0.2, -0.15) is 0 Å². The molecule has 2 aromatic carbocycles. The zero-order valence-electron chi connectivity index (χ0n) is 14.1. The van der Waals surface area contributed by atoms with Gasteiger partial charge in [0.15, 0.2) is 6.61 Å². The number of aryl methyl sites for hydroxylation is 1. The van der Waals surface area contributed by atoms with Crippen molar-refractivity contribution in [2.24, 2.45) is 0 Å². The maximum atomic E-state index is 12.4. The summed E-state index contributed by atoms with van der Waals surface area (Å²) in [4.78, 5) is 39.3. The van der Waals surface area contributed by atoms with Gasteiger partial charge in [-0.1, -0.05) is 29.8 Å². The van der Waals surface area contributed by atoms with Gasteiger partial charge < -0.3 is 4.74 Å². The number of carbonyl (C=O) groups excluding carboxylic acids is 2. The Morgan fingerprint density at radius 1 is 1.19 bits per heavy atom. The van der Waals surface area contributed by atoms with Gasteiger partial charge in [0, 0.05) is 22.7 Å². The van der Waals surface area contributed by atoms with E-state index < -0.39 is 23.3 Å². The largest absolute Gasteiger partial charge is 0.454 e. The molecule has 27 heavy (non-hydrogen) atoms. The van der Waals surface area contributed by atoms with Gasteiger partial charge in [-0.25, -0.2) is 4.79 Å². The summed E-state index contributed by atoms with van der Waals surface area (Å²) < 4.78 is 5.12. The van der Waals surface area contributed by atoms with Crippen LogP contribution < -0.4 is 0 Å². The van der Waals surface area contributed by atoms with E-state index in [2.05, 4.69) is 4.98 Å². The minimum absolute atomic E-state index is 0.0367. The predicted octanol–water partition coefficient (Wildman–Crippen LogP) is 4.14. The minimum Gasteiger partial charge on any atom is -0.454 e. The Hall–Kier alpha value is -3.32. The third kappa shape index (κ3) is 3.93. The lowest BCUT2D eigenvalue weighted by Gasteiger charge is -2.08. The van der Waals surface area contributed by atoms with Crippen molar-refractivity contribution >= 4 is 39.9 Å². The van der Waals surface area contributed by atoms with Crippen molar-refractivity contribution in [1.82, 2.24) is 4.98 Å². The van der Waals surface area contributed by atoms with Crippen molar-refractivity contribution in [3.63, 3.8) is 0 Å². The van der Waals surface area contributed by atoms with E-state index in [-0.39, 0.29) is 16.3 Å². The molecule has 0 aliphatic rings. The van der Waals surface area contributed by atoms with Gasteiger partial charge in [0.1, 0.15) is 5.02 Å². The van der Waals surface area contributed by atoms with Crippen LogP contribution in [0.1, 0.15) is 26.4 Å². The second kappa shape index (κ2) is 7.51. The van der Waals surface area contributed by atoms with Crippen LogP contribution in [0.15, 0.2) is 48.5 Å². The van der Waals surface area contributed by atoms with Gasteiger partial charge in [-0.15, -0.1) is 0 Å². The lowest BCUT2D eigenvalue weighted by molar-refractivity contribution is -0.384. The number of carbonyl (C=O) groups is 2. The zero-order valence-corrected chi connectivity index (χ0v) is 14.9. The highest BCUT2D eigenvalue weighted by Crippen LogP contribution is 2.25. The standard InChI is InChI=1S/C19H13ClN2O5/c1-11-8-14(13-4-2-3-5-16(13)21-11)19(24)27-10-18(23)12-6-7-15(20)17(9-12)22(25)26/h2-9H,10H2,1H3. The molecule has 0 spiro atoms. The number of benzene rings is 2. The summed E-state index contributed by atoms with van der Waals surface area (Å²) in [7, 11) is 0. The number of halogens is 1. The number of nitrogens with zero attached hydrogens (tertiary/aromatic N) is 2. The van der Waals surface area contributed by atoms with Crippen LogP contribution in [0.4, 0.5) is 5.69 Å². The van der Waals surface area contributed by atoms with Crippen molar-refractivity contribution < 1.29 is 19.2 Å². The fourth-order valence-corrected chi connectivity index (χ4v) is 2.78. The molecular weight excluding hydrogens is 372 g/mol. The third-order valence-electron chi connectivity index (χ3n) is 3.86. The highest BCUT2D eigenvalue weighted by atomic mass is 35.5. The number of Topliss-reactive ketones (excluding diaryl/α,β-unsaturated/α-hetero) is 1. The Kier molecular flexibility index (Phi) is 5.14. The predicted molar refractivity (Wildman–Crippen MR) is 99.2 cm³/mol. The van der Waals surface area contributed by atoms with Gasteiger partial charge >= 0.3 is 5.97 Å². The molecule has 0 unspecified atom stereocenters. The summed E-state index contributed by atoms with van der Waals surface area (Å²) >= 11 is 5.73. The van der Waals surface area contributed by atoms with Crippen LogP contribution in [0.25, 0.3) is 10.9 Å². The van der Waals surface area contributed by atoms with E-state index in [4.69, 9.17) is 16.3 Å². The van der Waals surface area contributed by atoms with E-state index in [1.165, 1.54) is 12.1 Å². The molecule has 0 atom stereocenters. The van der Waals surface area contributed by atoms with Crippen molar-refractivity contribution in [2.75, 3.05) is 6.61 Å². The summed E-state index contributed by atoms with van der Waals surface area (Å²) in [6.07, 6.45) is 0. The molecule has 7 nitrogen and oxygen atoms in total. The number of esters is 1. The number of nitro benzene ring substituents is 1. The monoisotopic (exact) mass is 384 g/mol. The quantitative estimate of drug-likeness (QED) is 0.283. The summed E-state index contributed by atoms with van der Waals surface area (Å²) in [5.74, 6) is -1.24. The number of ether oxygens (including phenoxy) is 1. The first-order valence-corrected chi connectivity index (χ1v) is 8.25. The Labute approximate surface area is 158 Å². The van der Waals surface area contributed by atoms with Crippen LogP contribution in [0.2, 0.25) is 5.02 Å². The molecule has 0 radical (unpaired) electrons. The number of aromatic nitrogens is 1. The van der Waals surface area contributed by atoms with Crippen LogP contribution in [0.5, 0.6) is 0 Å². The number of ketones is 1.